The fourth-order valence-electron chi connectivity index (χ4n) is 2.70. The van der Waals surface area contributed by atoms with Crippen LogP contribution in [0.4, 0.5) is 4.79 Å². The van der Waals surface area contributed by atoms with E-state index >= 15 is 0 Å². The summed E-state index contributed by atoms with van der Waals surface area (Å²) in [6.07, 6.45) is 7.61. The summed E-state index contributed by atoms with van der Waals surface area (Å²) in [5.74, 6) is 1.03. The average Bonchev–Trinajstić information content (AvgIpc) is 2.94. The molecule has 6 heteroatoms. The molecular formula is C14H24N4O2. The van der Waals surface area contributed by atoms with Crippen molar-refractivity contribution in [1.82, 2.24) is 19.8 Å². The Balaban J connectivity index is 1.79. The lowest BCUT2D eigenvalue weighted by Gasteiger charge is -2.34. The molecule has 0 aromatic carbocycles. The Morgan fingerprint density at radius 1 is 1.55 bits per heavy atom. The molecule has 2 heterocycles. The smallest absolute Gasteiger partial charge is 0.317 e. The van der Waals surface area contributed by atoms with Gasteiger partial charge in [-0.2, -0.15) is 0 Å². The fourth-order valence-corrected chi connectivity index (χ4v) is 2.70. The van der Waals surface area contributed by atoms with Gasteiger partial charge in [0.1, 0.15) is 5.82 Å². The van der Waals surface area contributed by atoms with Gasteiger partial charge >= 0.3 is 6.03 Å². The number of aromatic nitrogens is 2. The SMILES string of the molecule is CCc1nccn1CCNC(=O)N1CCCC[C@@H]1CO. The molecule has 0 spiro atoms. The molecule has 2 amide bonds. The highest BCUT2D eigenvalue weighted by atomic mass is 16.3. The highest BCUT2D eigenvalue weighted by Crippen LogP contribution is 2.16. The molecule has 1 aliphatic rings. The molecule has 1 atom stereocenters. The van der Waals surface area contributed by atoms with Gasteiger partial charge in [-0.1, -0.05) is 6.92 Å². The Morgan fingerprint density at radius 2 is 2.40 bits per heavy atom. The Bertz CT molecular complexity index is 433. The summed E-state index contributed by atoms with van der Waals surface area (Å²) in [5.41, 5.74) is 0. The number of carbonyl (C=O) groups excluding carboxylic acids is 1. The second-order valence-electron chi connectivity index (χ2n) is 5.15. The number of aliphatic hydroxyl groups is 1. The van der Waals surface area contributed by atoms with E-state index in [1.165, 1.54) is 0 Å². The van der Waals surface area contributed by atoms with E-state index in [0.717, 1.165) is 44.6 Å². The van der Waals surface area contributed by atoms with Crippen molar-refractivity contribution in [2.24, 2.45) is 0 Å². The quantitative estimate of drug-likeness (QED) is 0.845. The molecule has 1 aromatic heterocycles. The number of hydrogen-bond acceptors (Lipinski definition) is 3. The van der Waals surface area contributed by atoms with Crippen LogP contribution in [-0.2, 0) is 13.0 Å². The minimum absolute atomic E-state index is 0.0248. The van der Waals surface area contributed by atoms with Crippen molar-refractivity contribution < 1.29 is 9.90 Å². The first-order chi connectivity index (χ1) is 9.76. The normalized spacial score (nSPS) is 19.1. The van der Waals surface area contributed by atoms with Crippen molar-refractivity contribution >= 4 is 6.03 Å². The third kappa shape index (κ3) is 3.50. The van der Waals surface area contributed by atoms with E-state index in [-0.39, 0.29) is 18.7 Å². The van der Waals surface area contributed by atoms with Gasteiger partial charge in [0.05, 0.1) is 12.6 Å². The van der Waals surface area contributed by atoms with Gasteiger partial charge in [0.15, 0.2) is 0 Å². The highest BCUT2D eigenvalue weighted by molar-refractivity contribution is 5.74. The molecule has 0 radical (unpaired) electrons. The summed E-state index contributed by atoms with van der Waals surface area (Å²) in [6.45, 7) is 4.16. The molecule has 1 aromatic rings. The summed E-state index contributed by atoms with van der Waals surface area (Å²) in [6, 6.07) is -0.0925. The average molecular weight is 280 g/mol. The molecule has 1 aliphatic heterocycles. The molecule has 1 fully saturated rings. The largest absolute Gasteiger partial charge is 0.394 e. The van der Waals surface area contributed by atoms with E-state index < -0.39 is 0 Å². The number of rotatable bonds is 5. The van der Waals surface area contributed by atoms with Crippen LogP contribution >= 0.6 is 0 Å². The van der Waals surface area contributed by atoms with Crippen molar-refractivity contribution in [3.05, 3.63) is 18.2 Å². The fraction of sp³-hybridized carbons (Fsp3) is 0.714. The second kappa shape index (κ2) is 7.28. The van der Waals surface area contributed by atoms with Crippen LogP contribution < -0.4 is 5.32 Å². The number of likely N-dealkylation sites (tertiary alicyclic amines) is 1. The number of imidazole rings is 1. The van der Waals surface area contributed by atoms with Crippen LogP contribution in [0.25, 0.3) is 0 Å². The number of nitrogens with one attached hydrogen (secondary N) is 1. The van der Waals surface area contributed by atoms with Gasteiger partial charge < -0.3 is 19.9 Å². The Labute approximate surface area is 119 Å². The van der Waals surface area contributed by atoms with Crippen molar-refractivity contribution in [2.45, 2.75) is 45.2 Å². The standard InChI is InChI=1S/C14H24N4O2/c1-2-13-15-6-9-17(13)10-7-16-14(20)18-8-4-3-5-12(18)11-19/h6,9,12,19H,2-5,7-8,10-11H2,1H3,(H,16,20)/t12-/m1/s1. The van der Waals surface area contributed by atoms with Gasteiger partial charge in [-0.15, -0.1) is 0 Å². The number of aliphatic hydroxyl groups excluding tert-OH is 1. The zero-order chi connectivity index (χ0) is 14.4. The van der Waals surface area contributed by atoms with Gasteiger partial charge in [0.25, 0.3) is 0 Å². The van der Waals surface area contributed by atoms with E-state index in [1.807, 2.05) is 6.20 Å². The van der Waals surface area contributed by atoms with Gasteiger partial charge in [0.2, 0.25) is 0 Å². The maximum Gasteiger partial charge on any atom is 0.317 e. The maximum absolute atomic E-state index is 12.1. The highest BCUT2D eigenvalue weighted by Gasteiger charge is 2.25. The molecule has 20 heavy (non-hydrogen) atoms. The van der Waals surface area contributed by atoms with Gasteiger partial charge in [-0.05, 0) is 19.3 Å². The summed E-state index contributed by atoms with van der Waals surface area (Å²) >= 11 is 0. The van der Waals surface area contributed by atoms with E-state index in [1.54, 1.807) is 11.1 Å². The van der Waals surface area contributed by atoms with Gasteiger partial charge in [-0.3, -0.25) is 0 Å². The summed E-state index contributed by atoms with van der Waals surface area (Å²) in [5, 5.41) is 12.3. The molecular weight excluding hydrogens is 256 g/mol. The number of amides is 2. The minimum atomic E-state index is -0.0677. The van der Waals surface area contributed by atoms with Crippen LogP contribution in [0.2, 0.25) is 0 Å². The Kier molecular flexibility index (Phi) is 5.40. The van der Waals surface area contributed by atoms with Crippen molar-refractivity contribution in [3.8, 4) is 0 Å². The predicted octanol–water partition coefficient (Wildman–Crippen LogP) is 1.00. The second-order valence-corrected chi connectivity index (χ2v) is 5.15. The number of piperidine rings is 1. The van der Waals surface area contributed by atoms with Crippen LogP contribution in [0.5, 0.6) is 0 Å². The van der Waals surface area contributed by atoms with Crippen LogP contribution in [-0.4, -0.2) is 51.3 Å². The van der Waals surface area contributed by atoms with Crippen LogP contribution in [0.1, 0.15) is 32.0 Å². The number of nitrogens with zero attached hydrogens (tertiary/aromatic N) is 3. The van der Waals surface area contributed by atoms with Crippen molar-refractivity contribution in [1.29, 1.82) is 0 Å². The van der Waals surface area contributed by atoms with Crippen LogP contribution in [0, 0.1) is 0 Å². The van der Waals surface area contributed by atoms with Crippen molar-refractivity contribution in [3.63, 3.8) is 0 Å². The Hall–Kier alpha value is -1.56. The molecule has 0 bridgehead atoms. The molecule has 1 saturated heterocycles. The van der Waals surface area contributed by atoms with Crippen LogP contribution in [0.3, 0.4) is 0 Å². The molecule has 0 unspecified atom stereocenters. The predicted molar refractivity (Wildman–Crippen MR) is 76.4 cm³/mol. The molecule has 0 saturated carbocycles. The third-order valence-corrected chi connectivity index (χ3v) is 3.85. The zero-order valence-electron chi connectivity index (χ0n) is 12.1. The lowest BCUT2D eigenvalue weighted by Crippen LogP contribution is -2.50. The topological polar surface area (TPSA) is 70.4 Å². The monoisotopic (exact) mass is 280 g/mol. The number of aryl methyl sites for hydroxylation is 1. The number of carbonyl (C=O) groups is 1. The number of hydrogen-bond donors (Lipinski definition) is 2. The molecule has 2 rings (SSSR count). The molecule has 0 aliphatic carbocycles. The summed E-state index contributed by atoms with van der Waals surface area (Å²) in [7, 11) is 0. The molecule has 2 N–H and O–H groups in total. The minimum Gasteiger partial charge on any atom is -0.394 e. The van der Waals surface area contributed by atoms with E-state index in [0.29, 0.717) is 6.54 Å². The van der Waals surface area contributed by atoms with Crippen LogP contribution in [0.15, 0.2) is 12.4 Å². The zero-order valence-corrected chi connectivity index (χ0v) is 12.1. The molecule has 112 valence electrons. The third-order valence-electron chi connectivity index (χ3n) is 3.85. The first-order valence-electron chi connectivity index (χ1n) is 7.41. The maximum atomic E-state index is 12.1. The Morgan fingerprint density at radius 3 is 3.15 bits per heavy atom. The van der Waals surface area contributed by atoms with E-state index in [4.69, 9.17) is 0 Å². The molecule has 6 nitrogen and oxygen atoms in total. The van der Waals surface area contributed by atoms with Gasteiger partial charge in [-0.25, -0.2) is 9.78 Å². The van der Waals surface area contributed by atoms with E-state index in [9.17, 15) is 9.90 Å². The first kappa shape index (κ1) is 14.8. The number of urea groups is 1. The lowest BCUT2D eigenvalue weighted by molar-refractivity contribution is 0.108. The first-order valence-corrected chi connectivity index (χ1v) is 7.41. The lowest BCUT2D eigenvalue weighted by atomic mass is 10.0. The summed E-state index contributed by atoms with van der Waals surface area (Å²) in [4.78, 5) is 18.1. The van der Waals surface area contributed by atoms with Gasteiger partial charge in [0, 0.05) is 38.4 Å². The summed E-state index contributed by atoms with van der Waals surface area (Å²) < 4.78 is 2.06. The van der Waals surface area contributed by atoms with Crippen molar-refractivity contribution in [2.75, 3.05) is 19.7 Å². The van der Waals surface area contributed by atoms with E-state index in [2.05, 4.69) is 21.8 Å².